The molecule has 0 fully saturated rings. The largest absolute Gasteiger partial charge is 0.120 e. The van der Waals surface area contributed by atoms with Crippen molar-refractivity contribution in [3.8, 4) is 12.3 Å². The Morgan fingerprint density at radius 2 is 1.79 bits per heavy atom. The second-order valence-electron chi connectivity index (χ2n) is 4.08. The third-order valence-corrected chi connectivity index (χ3v) is 2.53. The van der Waals surface area contributed by atoms with Gasteiger partial charge in [0, 0.05) is 6.42 Å². The highest BCUT2D eigenvalue weighted by molar-refractivity contribution is 5.02. The van der Waals surface area contributed by atoms with Gasteiger partial charge in [0.2, 0.25) is 0 Å². The molecule has 0 bridgehead atoms. The quantitative estimate of drug-likeness (QED) is 0.335. The van der Waals surface area contributed by atoms with Crippen LogP contribution in [-0.2, 0) is 0 Å². The molecule has 0 spiro atoms. The van der Waals surface area contributed by atoms with Crippen molar-refractivity contribution in [2.45, 2.75) is 60.3 Å². The van der Waals surface area contributed by atoms with E-state index >= 15 is 0 Å². The molecule has 0 rings (SSSR count). The minimum Gasteiger partial charge on any atom is -0.120 e. The summed E-state index contributed by atoms with van der Waals surface area (Å²) >= 11 is 0. The summed E-state index contributed by atoms with van der Waals surface area (Å²) in [6, 6.07) is 0. The van der Waals surface area contributed by atoms with Crippen LogP contribution in [0.3, 0.4) is 0 Å². The molecule has 0 heterocycles. The van der Waals surface area contributed by atoms with Crippen molar-refractivity contribution in [2.75, 3.05) is 0 Å². The molecule has 82 valence electrons. The molecule has 0 amide bonds. The van der Waals surface area contributed by atoms with Crippen molar-refractivity contribution in [3.05, 3.63) is 12.2 Å². The van der Waals surface area contributed by atoms with Crippen molar-refractivity contribution in [1.82, 2.24) is 0 Å². The number of hydrogen-bond donors (Lipinski definition) is 0. The van der Waals surface area contributed by atoms with Crippen LogP contribution in [-0.4, -0.2) is 0 Å². The molecule has 0 atom stereocenters. The van der Waals surface area contributed by atoms with Crippen LogP contribution in [0.25, 0.3) is 0 Å². The van der Waals surface area contributed by atoms with Gasteiger partial charge in [0.15, 0.2) is 0 Å². The summed E-state index contributed by atoms with van der Waals surface area (Å²) in [5.74, 6) is 2.66. The first-order valence-electron chi connectivity index (χ1n) is 5.60. The summed E-state index contributed by atoms with van der Waals surface area (Å²) in [4.78, 5) is 0. The summed E-state index contributed by atoms with van der Waals surface area (Å²) in [5.41, 5.74) is 1.55. The molecule has 0 heteroatoms. The summed E-state index contributed by atoms with van der Waals surface area (Å²) in [7, 11) is 0. The first-order valence-corrected chi connectivity index (χ1v) is 5.60. The lowest BCUT2D eigenvalue weighted by Crippen LogP contribution is -2.11. The number of hydrogen-bond acceptors (Lipinski definition) is 0. The maximum atomic E-state index is 5.17. The van der Waals surface area contributed by atoms with Crippen LogP contribution in [0, 0.1) is 17.8 Å². The van der Waals surface area contributed by atoms with Gasteiger partial charge >= 0.3 is 0 Å². The Morgan fingerprint density at radius 3 is 2.14 bits per heavy atom. The zero-order valence-electron chi connectivity index (χ0n) is 10.6. The lowest BCUT2D eigenvalue weighted by molar-refractivity contribution is 0.390. The standard InChI is InChI=1S/C12H20.C2H6/c1-6-7-8-9-10-12(4,5)11(2)3;1-2/h1H,2,7-10H2,3-5H3;1-2H3. The zero-order valence-corrected chi connectivity index (χ0v) is 10.6. The number of rotatable bonds is 5. The Balaban J connectivity index is 0. The van der Waals surface area contributed by atoms with Crippen molar-refractivity contribution < 1.29 is 0 Å². The predicted molar refractivity (Wildman–Crippen MR) is 67.2 cm³/mol. The molecule has 0 saturated carbocycles. The Hall–Kier alpha value is -0.700. The second-order valence-corrected chi connectivity index (χ2v) is 4.08. The molecule has 0 radical (unpaired) electrons. The van der Waals surface area contributed by atoms with Gasteiger partial charge in [0.05, 0.1) is 0 Å². The van der Waals surface area contributed by atoms with Crippen LogP contribution in [0.4, 0.5) is 0 Å². The molecular weight excluding hydrogens is 168 g/mol. The van der Waals surface area contributed by atoms with Crippen molar-refractivity contribution in [1.29, 1.82) is 0 Å². The van der Waals surface area contributed by atoms with E-state index < -0.39 is 0 Å². The Morgan fingerprint density at radius 1 is 1.29 bits per heavy atom. The van der Waals surface area contributed by atoms with Crippen LogP contribution in [0.1, 0.15) is 60.3 Å². The fourth-order valence-electron chi connectivity index (χ4n) is 1.01. The monoisotopic (exact) mass is 194 g/mol. The molecule has 0 nitrogen and oxygen atoms in total. The molecule has 0 N–H and O–H groups in total. The van der Waals surface area contributed by atoms with E-state index in [9.17, 15) is 0 Å². The zero-order chi connectivity index (χ0) is 11.6. The summed E-state index contributed by atoms with van der Waals surface area (Å²) < 4.78 is 0. The molecule has 0 aliphatic carbocycles. The predicted octanol–water partition coefficient (Wildman–Crippen LogP) is 4.81. The minimum atomic E-state index is 0.286. The van der Waals surface area contributed by atoms with Crippen LogP contribution < -0.4 is 0 Å². The highest BCUT2D eigenvalue weighted by Gasteiger charge is 2.17. The third-order valence-electron chi connectivity index (χ3n) is 2.53. The van der Waals surface area contributed by atoms with E-state index in [1.165, 1.54) is 18.4 Å². The number of terminal acetylenes is 1. The van der Waals surface area contributed by atoms with Gasteiger partial charge in [-0.3, -0.25) is 0 Å². The fourth-order valence-corrected chi connectivity index (χ4v) is 1.01. The highest BCUT2D eigenvalue weighted by atomic mass is 14.2. The number of allylic oxidation sites excluding steroid dienone is 1. The summed E-state index contributed by atoms with van der Waals surface area (Å²) in [6.07, 6.45) is 9.64. The average molecular weight is 194 g/mol. The fraction of sp³-hybridized carbons (Fsp3) is 0.714. The van der Waals surface area contributed by atoms with Crippen molar-refractivity contribution in [3.63, 3.8) is 0 Å². The SMILES string of the molecule is C#CCCCCC(C)(C)C(=C)C.CC. The van der Waals surface area contributed by atoms with Gasteiger partial charge in [-0.05, 0) is 25.2 Å². The van der Waals surface area contributed by atoms with E-state index in [0.29, 0.717) is 0 Å². The van der Waals surface area contributed by atoms with E-state index in [2.05, 4.69) is 33.3 Å². The smallest absolute Gasteiger partial charge is 0.00860 e. The summed E-state index contributed by atoms with van der Waals surface area (Å²) in [5, 5.41) is 0. The van der Waals surface area contributed by atoms with Gasteiger partial charge in [-0.1, -0.05) is 46.3 Å². The van der Waals surface area contributed by atoms with E-state index in [4.69, 9.17) is 6.42 Å². The van der Waals surface area contributed by atoms with Gasteiger partial charge in [-0.2, -0.15) is 0 Å². The Bertz CT molecular complexity index is 179. The highest BCUT2D eigenvalue weighted by Crippen LogP contribution is 2.30. The van der Waals surface area contributed by atoms with E-state index in [1.807, 2.05) is 13.8 Å². The molecule has 0 aromatic carbocycles. The molecule has 0 aromatic rings. The molecule has 0 aliphatic rings. The van der Waals surface area contributed by atoms with E-state index in [1.54, 1.807) is 0 Å². The van der Waals surface area contributed by atoms with Gasteiger partial charge in [-0.25, -0.2) is 0 Å². The molecule has 14 heavy (non-hydrogen) atoms. The maximum absolute atomic E-state index is 5.17. The third kappa shape index (κ3) is 7.92. The van der Waals surface area contributed by atoms with Crippen LogP contribution >= 0.6 is 0 Å². The lowest BCUT2D eigenvalue weighted by Gasteiger charge is -2.24. The second kappa shape index (κ2) is 8.88. The number of unbranched alkanes of at least 4 members (excludes halogenated alkanes) is 2. The topological polar surface area (TPSA) is 0 Å². The molecule has 0 aliphatic heterocycles. The van der Waals surface area contributed by atoms with Crippen molar-refractivity contribution >= 4 is 0 Å². The van der Waals surface area contributed by atoms with Gasteiger partial charge in [-0.15, -0.1) is 12.3 Å². The Kier molecular flexibility index (Phi) is 9.99. The van der Waals surface area contributed by atoms with Gasteiger partial charge in [0.25, 0.3) is 0 Å². The van der Waals surface area contributed by atoms with Gasteiger partial charge in [0.1, 0.15) is 0 Å². The Labute approximate surface area is 90.8 Å². The van der Waals surface area contributed by atoms with Gasteiger partial charge < -0.3 is 0 Å². The van der Waals surface area contributed by atoms with E-state index in [-0.39, 0.29) is 5.41 Å². The molecule has 0 unspecified atom stereocenters. The van der Waals surface area contributed by atoms with Crippen LogP contribution in [0.5, 0.6) is 0 Å². The first-order chi connectivity index (χ1) is 6.50. The normalized spacial score (nSPS) is 9.71. The van der Waals surface area contributed by atoms with Crippen LogP contribution in [0.2, 0.25) is 0 Å². The summed E-state index contributed by atoms with van der Waals surface area (Å²) in [6.45, 7) is 14.6. The molecule has 0 aromatic heterocycles. The lowest BCUT2D eigenvalue weighted by atomic mass is 9.81. The van der Waals surface area contributed by atoms with E-state index in [0.717, 1.165) is 12.8 Å². The first kappa shape index (κ1) is 15.8. The minimum absolute atomic E-state index is 0.286. The molecule has 0 saturated heterocycles. The average Bonchev–Trinajstić information content (AvgIpc) is 2.15. The molecular formula is C14H26. The maximum Gasteiger partial charge on any atom is 0.00860 e. The van der Waals surface area contributed by atoms with Crippen molar-refractivity contribution in [2.24, 2.45) is 5.41 Å². The van der Waals surface area contributed by atoms with Crippen LogP contribution in [0.15, 0.2) is 12.2 Å².